The predicted octanol–water partition coefficient (Wildman–Crippen LogP) is 1.94. The van der Waals surface area contributed by atoms with Crippen molar-refractivity contribution < 1.29 is 14.3 Å². The fraction of sp³-hybridized carbons (Fsp3) is 0.833. The summed E-state index contributed by atoms with van der Waals surface area (Å²) in [6.45, 7) is 5.42. The second-order valence-corrected chi connectivity index (χ2v) is 5.26. The number of rotatable bonds is 1. The SMILES string of the molecule is CC(=O)O[C@@]1(C)C[C@@H]2C[C@H]1CC(=O)[C@@H]2C. The largest absolute Gasteiger partial charge is 0.459 e. The third-order valence-corrected chi connectivity index (χ3v) is 4.16. The lowest BCUT2D eigenvalue weighted by molar-refractivity contribution is -0.159. The van der Waals surface area contributed by atoms with E-state index in [4.69, 9.17) is 4.74 Å². The van der Waals surface area contributed by atoms with Gasteiger partial charge in [-0.15, -0.1) is 0 Å². The fourth-order valence-electron chi connectivity index (χ4n) is 3.21. The third kappa shape index (κ3) is 1.68. The van der Waals surface area contributed by atoms with Gasteiger partial charge in [-0.05, 0) is 25.7 Å². The highest BCUT2D eigenvalue weighted by molar-refractivity contribution is 5.82. The van der Waals surface area contributed by atoms with Crippen LogP contribution < -0.4 is 0 Å². The Balaban J connectivity index is 2.19. The number of ketones is 1. The molecular formula is C12H18O3. The topological polar surface area (TPSA) is 43.4 Å². The molecule has 2 bridgehead atoms. The fourth-order valence-corrected chi connectivity index (χ4v) is 3.21. The van der Waals surface area contributed by atoms with E-state index in [9.17, 15) is 9.59 Å². The van der Waals surface area contributed by atoms with Gasteiger partial charge in [-0.2, -0.15) is 0 Å². The number of carbonyl (C=O) groups excluding carboxylic acids is 2. The molecule has 0 spiro atoms. The molecule has 2 aliphatic carbocycles. The van der Waals surface area contributed by atoms with Crippen molar-refractivity contribution >= 4 is 11.8 Å². The molecule has 2 aliphatic rings. The number of hydrogen-bond donors (Lipinski definition) is 0. The minimum Gasteiger partial charge on any atom is -0.459 e. The number of Topliss-reactive ketones (excluding diaryl/α,β-unsaturated/α-hetero) is 1. The van der Waals surface area contributed by atoms with E-state index in [1.165, 1.54) is 6.92 Å². The summed E-state index contributed by atoms with van der Waals surface area (Å²) < 4.78 is 5.42. The van der Waals surface area contributed by atoms with Gasteiger partial charge in [0.15, 0.2) is 0 Å². The van der Waals surface area contributed by atoms with Gasteiger partial charge in [0.05, 0.1) is 0 Å². The Bertz CT molecular complexity index is 310. The first-order chi connectivity index (χ1) is 6.92. The molecule has 0 aromatic carbocycles. The highest BCUT2D eigenvalue weighted by Crippen LogP contribution is 2.51. The summed E-state index contributed by atoms with van der Waals surface area (Å²) in [6.07, 6.45) is 2.47. The standard InChI is InChI=1S/C12H18O3/c1-7-9-4-10(5-11(7)14)12(3,6-9)15-8(2)13/h7,9-10H,4-6H2,1-3H3/t7-,9+,10+,12+/m1/s1. The van der Waals surface area contributed by atoms with Crippen LogP contribution in [0.5, 0.6) is 0 Å². The van der Waals surface area contributed by atoms with Crippen LogP contribution in [0, 0.1) is 17.8 Å². The molecule has 0 amide bonds. The second-order valence-electron chi connectivity index (χ2n) is 5.26. The number of esters is 1. The maximum Gasteiger partial charge on any atom is 0.303 e. The molecule has 0 saturated heterocycles. The van der Waals surface area contributed by atoms with Crippen LogP contribution in [0.4, 0.5) is 0 Å². The van der Waals surface area contributed by atoms with Crippen molar-refractivity contribution in [1.29, 1.82) is 0 Å². The van der Waals surface area contributed by atoms with E-state index in [0.29, 0.717) is 18.1 Å². The van der Waals surface area contributed by atoms with Crippen LogP contribution in [-0.2, 0) is 14.3 Å². The molecule has 2 saturated carbocycles. The molecule has 0 aromatic heterocycles. The van der Waals surface area contributed by atoms with Crippen molar-refractivity contribution in [3.63, 3.8) is 0 Å². The van der Waals surface area contributed by atoms with E-state index >= 15 is 0 Å². The predicted molar refractivity (Wildman–Crippen MR) is 55.2 cm³/mol. The van der Waals surface area contributed by atoms with Crippen LogP contribution in [0.25, 0.3) is 0 Å². The van der Waals surface area contributed by atoms with Gasteiger partial charge in [0.1, 0.15) is 11.4 Å². The number of ether oxygens (including phenoxy) is 1. The van der Waals surface area contributed by atoms with Crippen molar-refractivity contribution in [3.05, 3.63) is 0 Å². The van der Waals surface area contributed by atoms with Crippen molar-refractivity contribution in [2.75, 3.05) is 0 Å². The minimum atomic E-state index is -0.392. The molecule has 15 heavy (non-hydrogen) atoms. The molecule has 0 unspecified atom stereocenters. The smallest absolute Gasteiger partial charge is 0.303 e. The van der Waals surface area contributed by atoms with Gasteiger partial charge in [-0.3, -0.25) is 9.59 Å². The van der Waals surface area contributed by atoms with E-state index in [2.05, 4.69) is 0 Å². The van der Waals surface area contributed by atoms with Gasteiger partial charge >= 0.3 is 5.97 Å². The van der Waals surface area contributed by atoms with E-state index < -0.39 is 5.60 Å². The zero-order valence-electron chi connectivity index (χ0n) is 9.58. The summed E-state index contributed by atoms with van der Waals surface area (Å²) >= 11 is 0. The van der Waals surface area contributed by atoms with E-state index in [0.717, 1.165) is 12.8 Å². The maximum absolute atomic E-state index is 11.7. The van der Waals surface area contributed by atoms with Crippen molar-refractivity contribution in [1.82, 2.24) is 0 Å². The summed E-state index contributed by atoms with van der Waals surface area (Å²) in [4.78, 5) is 22.7. The highest BCUT2D eigenvalue weighted by Gasteiger charge is 2.52. The summed E-state index contributed by atoms with van der Waals surface area (Å²) in [5.41, 5.74) is -0.392. The molecule has 84 valence electrons. The first-order valence-corrected chi connectivity index (χ1v) is 5.64. The number of fused-ring (bicyclic) bond motifs is 2. The lowest BCUT2D eigenvalue weighted by Gasteiger charge is -2.30. The molecule has 4 atom stereocenters. The summed E-state index contributed by atoms with van der Waals surface area (Å²) in [6, 6.07) is 0. The average molecular weight is 210 g/mol. The molecule has 3 heteroatoms. The summed E-state index contributed by atoms with van der Waals surface area (Å²) in [5, 5.41) is 0. The van der Waals surface area contributed by atoms with Gasteiger partial charge in [-0.1, -0.05) is 6.92 Å². The van der Waals surface area contributed by atoms with Crippen molar-refractivity contribution in [2.45, 2.75) is 45.6 Å². The van der Waals surface area contributed by atoms with Crippen molar-refractivity contribution in [2.24, 2.45) is 17.8 Å². The van der Waals surface area contributed by atoms with Crippen LogP contribution >= 0.6 is 0 Å². The Kier molecular flexibility index (Phi) is 2.36. The second kappa shape index (κ2) is 3.32. The highest BCUT2D eigenvalue weighted by atomic mass is 16.6. The zero-order chi connectivity index (χ0) is 11.2. The van der Waals surface area contributed by atoms with E-state index in [-0.39, 0.29) is 17.8 Å². The number of carbonyl (C=O) groups is 2. The first kappa shape index (κ1) is 10.7. The van der Waals surface area contributed by atoms with Gasteiger partial charge in [0.2, 0.25) is 0 Å². The lowest BCUT2D eigenvalue weighted by Crippen LogP contribution is -2.35. The van der Waals surface area contributed by atoms with Gasteiger partial charge in [-0.25, -0.2) is 0 Å². The monoisotopic (exact) mass is 210 g/mol. The van der Waals surface area contributed by atoms with Gasteiger partial charge in [0.25, 0.3) is 0 Å². The Morgan fingerprint density at radius 2 is 2.20 bits per heavy atom. The summed E-state index contributed by atoms with van der Waals surface area (Å²) in [7, 11) is 0. The third-order valence-electron chi connectivity index (χ3n) is 4.16. The van der Waals surface area contributed by atoms with Crippen LogP contribution in [0.2, 0.25) is 0 Å². The molecule has 0 N–H and O–H groups in total. The molecule has 0 aliphatic heterocycles. The summed E-state index contributed by atoms with van der Waals surface area (Å²) in [5.74, 6) is 0.923. The Hall–Kier alpha value is -0.860. The average Bonchev–Trinajstić information content (AvgIpc) is 2.36. The van der Waals surface area contributed by atoms with E-state index in [1.54, 1.807) is 0 Å². The Labute approximate surface area is 90.2 Å². The Morgan fingerprint density at radius 1 is 1.53 bits per heavy atom. The van der Waals surface area contributed by atoms with Crippen LogP contribution in [0.3, 0.4) is 0 Å². The molecular weight excluding hydrogens is 192 g/mol. The minimum absolute atomic E-state index is 0.152. The van der Waals surface area contributed by atoms with Gasteiger partial charge in [0, 0.05) is 25.2 Å². The van der Waals surface area contributed by atoms with Crippen LogP contribution in [-0.4, -0.2) is 17.4 Å². The molecule has 0 heterocycles. The molecule has 3 nitrogen and oxygen atoms in total. The molecule has 2 fully saturated rings. The Morgan fingerprint density at radius 3 is 2.80 bits per heavy atom. The van der Waals surface area contributed by atoms with Crippen molar-refractivity contribution in [3.8, 4) is 0 Å². The zero-order valence-corrected chi connectivity index (χ0v) is 9.58. The normalized spacial score (nSPS) is 44.2. The maximum atomic E-state index is 11.7. The van der Waals surface area contributed by atoms with Gasteiger partial charge < -0.3 is 4.74 Å². The van der Waals surface area contributed by atoms with Crippen LogP contribution in [0.1, 0.15) is 40.0 Å². The number of hydrogen-bond acceptors (Lipinski definition) is 3. The lowest BCUT2D eigenvalue weighted by atomic mass is 9.79. The van der Waals surface area contributed by atoms with Crippen LogP contribution in [0.15, 0.2) is 0 Å². The first-order valence-electron chi connectivity index (χ1n) is 5.64. The molecule has 0 radical (unpaired) electrons. The quantitative estimate of drug-likeness (QED) is 0.621. The van der Waals surface area contributed by atoms with E-state index in [1.807, 2.05) is 13.8 Å². The molecule has 0 aromatic rings. The molecule has 2 rings (SSSR count).